The van der Waals surface area contributed by atoms with E-state index in [1.807, 2.05) is 19.2 Å². The number of benzene rings is 1. The average molecular weight is 307 g/mol. The summed E-state index contributed by atoms with van der Waals surface area (Å²) in [5.41, 5.74) is 8.21. The normalized spacial score (nSPS) is 12.9. The van der Waals surface area contributed by atoms with Gasteiger partial charge in [0, 0.05) is 41.3 Å². The first kappa shape index (κ1) is 15.7. The predicted octanol–water partition coefficient (Wildman–Crippen LogP) is 3.08. The summed E-state index contributed by atoms with van der Waals surface area (Å²) in [5, 5.41) is 5.14. The zero-order valence-corrected chi connectivity index (χ0v) is 13.8. The molecule has 114 valence electrons. The van der Waals surface area contributed by atoms with Crippen LogP contribution in [-0.4, -0.2) is 22.6 Å². The molecular weight excluding hydrogens is 284 g/mol. The van der Waals surface area contributed by atoms with Crippen LogP contribution in [0.15, 0.2) is 29.4 Å². The number of hydrogen-bond acceptors (Lipinski definition) is 1. The lowest BCUT2D eigenvalue weighted by atomic mass is 10.1. The minimum absolute atomic E-state index is 0.0657. The molecule has 0 spiro atoms. The molecule has 2 rings (SSSR count). The molecule has 1 heterocycles. The van der Waals surface area contributed by atoms with Gasteiger partial charge in [-0.15, -0.1) is 0 Å². The van der Waals surface area contributed by atoms with Crippen molar-refractivity contribution in [2.24, 2.45) is 17.8 Å². The van der Waals surface area contributed by atoms with E-state index in [2.05, 4.69) is 47.9 Å². The first-order valence-electron chi connectivity index (χ1n) is 7.08. The van der Waals surface area contributed by atoms with Crippen molar-refractivity contribution in [3.63, 3.8) is 0 Å². The summed E-state index contributed by atoms with van der Waals surface area (Å²) in [7, 11) is 2.03. The lowest BCUT2D eigenvalue weighted by Gasteiger charge is -2.20. The van der Waals surface area contributed by atoms with Gasteiger partial charge in [-0.1, -0.05) is 17.7 Å². The largest absolute Gasteiger partial charge is 0.370 e. The summed E-state index contributed by atoms with van der Waals surface area (Å²) in [6.07, 6.45) is 2.98. The van der Waals surface area contributed by atoms with Crippen LogP contribution in [0, 0.1) is 0 Å². The van der Waals surface area contributed by atoms with E-state index in [-0.39, 0.29) is 5.54 Å². The lowest BCUT2D eigenvalue weighted by molar-refractivity contribution is 0.508. The quantitative estimate of drug-likeness (QED) is 0.676. The molecule has 21 heavy (non-hydrogen) atoms. The number of rotatable bonds is 3. The molecular formula is C16H23ClN4. The number of hydrogen-bond donors (Lipinski definition) is 2. The second-order valence-electron chi connectivity index (χ2n) is 6.32. The topological polar surface area (TPSA) is 55.3 Å². The van der Waals surface area contributed by atoms with Crippen molar-refractivity contribution in [1.29, 1.82) is 0 Å². The summed E-state index contributed by atoms with van der Waals surface area (Å²) in [6.45, 7) is 6.84. The molecule has 0 aliphatic rings. The number of aliphatic imine (C=N–C) groups is 1. The molecule has 0 fully saturated rings. The Balaban J connectivity index is 2.09. The van der Waals surface area contributed by atoms with Crippen molar-refractivity contribution in [3.05, 3.63) is 35.0 Å². The van der Waals surface area contributed by atoms with Crippen molar-refractivity contribution >= 4 is 28.5 Å². The highest BCUT2D eigenvalue weighted by Crippen LogP contribution is 2.24. The van der Waals surface area contributed by atoms with Crippen molar-refractivity contribution in [2.75, 3.05) is 6.54 Å². The van der Waals surface area contributed by atoms with Crippen LogP contribution in [0.1, 0.15) is 26.3 Å². The Bertz CT molecular complexity index is 665. The summed E-state index contributed by atoms with van der Waals surface area (Å²) < 4.78 is 2.09. The molecule has 0 amide bonds. The molecule has 0 radical (unpaired) electrons. The highest BCUT2D eigenvalue weighted by molar-refractivity contribution is 6.31. The van der Waals surface area contributed by atoms with Crippen molar-refractivity contribution in [3.8, 4) is 0 Å². The Labute approximate surface area is 131 Å². The fourth-order valence-corrected chi connectivity index (χ4v) is 2.53. The Morgan fingerprint density at radius 1 is 1.38 bits per heavy atom. The van der Waals surface area contributed by atoms with E-state index in [0.29, 0.717) is 12.5 Å². The molecule has 0 saturated carbocycles. The van der Waals surface area contributed by atoms with Crippen LogP contribution in [0.2, 0.25) is 5.02 Å². The molecule has 1 aromatic carbocycles. The number of guanidine groups is 1. The summed E-state index contributed by atoms with van der Waals surface area (Å²) in [5.74, 6) is 0.491. The molecule has 2 aromatic rings. The summed E-state index contributed by atoms with van der Waals surface area (Å²) in [4.78, 5) is 4.39. The van der Waals surface area contributed by atoms with Crippen molar-refractivity contribution < 1.29 is 0 Å². The summed E-state index contributed by atoms with van der Waals surface area (Å²) in [6, 6.07) is 5.97. The van der Waals surface area contributed by atoms with E-state index in [1.165, 1.54) is 10.9 Å². The second kappa shape index (κ2) is 5.98. The van der Waals surface area contributed by atoms with Crippen LogP contribution in [-0.2, 0) is 13.5 Å². The number of fused-ring (bicyclic) bond motifs is 1. The van der Waals surface area contributed by atoms with Gasteiger partial charge in [0.15, 0.2) is 5.96 Å². The zero-order valence-electron chi connectivity index (χ0n) is 13.1. The maximum atomic E-state index is 6.05. The van der Waals surface area contributed by atoms with E-state index < -0.39 is 0 Å². The SMILES string of the molecule is Cn1cc(CCN=C(N)NC(C)(C)C)c2ccc(Cl)cc21. The smallest absolute Gasteiger partial charge is 0.188 e. The molecule has 4 nitrogen and oxygen atoms in total. The van der Waals surface area contributed by atoms with Gasteiger partial charge in [-0.2, -0.15) is 0 Å². The predicted molar refractivity (Wildman–Crippen MR) is 91.0 cm³/mol. The van der Waals surface area contributed by atoms with Gasteiger partial charge < -0.3 is 15.6 Å². The van der Waals surface area contributed by atoms with Crippen molar-refractivity contribution in [2.45, 2.75) is 32.7 Å². The monoisotopic (exact) mass is 306 g/mol. The first-order valence-corrected chi connectivity index (χ1v) is 7.45. The maximum absolute atomic E-state index is 6.05. The van der Waals surface area contributed by atoms with Crippen LogP contribution >= 0.6 is 11.6 Å². The number of nitrogens with two attached hydrogens (primary N) is 1. The summed E-state index contributed by atoms with van der Waals surface area (Å²) >= 11 is 6.05. The van der Waals surface area contributed by atoms with E-state index in [9.17, 15) is 0 Å². The van der Waals surface area contributed by atoms with Gasteiger partial charge in [0.1, 0.15) is 0 Å². The number of aromatic nitrogens is 1. The Morgan fingerprint density at radius 3 is 2.76 bits per heavy atom. The molecule has 3 N–H and O–H groups in total. The fraction of sp³-hybridized carbons (Fsp3) is 0.438. The van der Waals surface area contributed by atoms with Gasteiger partial charge in [-0.3, -0.25) is 4.99 Å². The van der Waals surface area contributed by atoms with E-state index in [1.54, 1.807) is 0 Å². The lowest BCUT2D eigenvalue weighted by Crippen LogP contribution is -2.45. The average Bonchev–Trinajstić information content (AvgIpc) is 2.64. The van der Waals surface area contributed by atoms with Crippen LogP contribution in [0.5, 0.6) is 0 Å². The Hall–Kier alpha value is -1.68. The molecule has 0 atom stereocenters. The van der Waals surface area contributed by atoms with Gasteiger partial charge in [0.2, 0.25) is 0 Å². The number of aryl methyl sites for hydroxylation is 1. The van der Waals surface area contributed by atoms with Gasteiger partial charge >= 0.3 is 0 Å². The highest BCUT2D eigenvalue weighted by atomic mass is 35.5. The van der Waals surface area contributed by atoms with Gasteiger partial charge in [0.25, 0.3) is 0 Å². The highest BCUT2D eigenvalue weighted by Gasteiger charge is 2.10. The van der Waals surface area contributed by atoms with E-state index >= 15 is 0 Å². The second-order valence-corrected chi connectivity index (χ2v) is 6.76. The minimum atomic E-state index is -0.0657. The Morgan fingerprint density at radius 2 is 2.10 bits per heavy atom. The van der Waals surface area contributed by atoms with Gasteiger partial charge in [0.05, 0.1) is 0 Å². The van der Waals surface area contributed by atoms with Crippen LogP contribution in [0.3, 0.4) is 0 Å². The first-order chi connectivity index (χ1) is 9.76. The molecule has 0 unspecified atom stereocenters. The molecule has 0 aliphatic carbocycles. The molecule has 0 saturated heterocycles. The number of nitrogens with one attached hydrogen (secondary N) is 1. The molecule has 0 aliphatic heterocycles. The third-order valence-electron chi connectivity index (χ3n) is 3.20. The molecule has 5 heteroatoms. The zero-order chi connectivity index (χ0) is 15.6. The van der Waals surface area contributed by atoms with Gasteiger partial charge in [-0.25, -0.2) is 0 Å². The van der Waals surface area contributed by atoms with Crippen molar-refractivity contribution in [1.82, 2.24) is 9.88 Å². The van der Waals surface area contributed by atoms with Crippen LogP contribution in [0.4, 0.5) is 0 Å². The standard InChI is InChI=1S/C16H23ClN4/c1-16(2,3)20-15(18)19-8-7-11-10-21(4)14-9-12(17)5-6-13(11)14/h5-6,9-10H,7-8H2,1-4H3,(H3,18,19,20). The fourth-order valence-electron chi connectivity index (χ4n) is 2.36. The minimum Gasteiger partial charge on any atom is -0.370 e. The van der Waals surface area contributed by atoms with Crippen LogP contribution in [0.25, 0.3) is 10.9 Å². The van der Waals surface area contributed by atoms with Crippen LogP contribution < -0.4 is 11.1 Å². The molecule has 0 bridgehead atoms. The third-order valence-corrected chi connectivity index (χ3v) is 3.44. The maximum Gasteiger partial charge on any atom is 0.188 e. The van der Waals surface area contributed by atoms with E-state index in [4.69, 9.17) is 17.3 Å². The third kappa shape index (κ3) is 4.14. The number of nitrogens with zero attached hydrogens (tertiary/aromatic N) is 2. The Kier molecular flexibility index (Phi) is 4.47. The molecule has 1 aromatic heterocycles. The number of halogens is 1. The van der Waals surface area contributed by atoms with Gasteiger partial charge in [-0.05, 0) is 44.9 Å². The van der Waals surface area contributed by atoms with E-state index in [0.717, 1.165) is 17.0 Å².